The number of ether oxygens (including phenoxy) is 1. The predicted octanol–water partition coefficient (Wildman–Crippen LogP) is 5.71. The van der Waals surface area contributed by atoms with Gasteiger partial charge in [0, 0.05) is 0 Å². The fourth-order valence-electron chi connectivity index (χ4n) is 4.00. The molecule has 2 fully saturated rings. The Morgan fingerprint density at radius 1 is 0.923 bits per heavy atom. The van der Waals surface area contributed by atoms with Crippen LogP contribution in [0.2, 0.25) is 0 Å². The number of rotatable bonds is 13. The van der Waals surface area contributed by atoms with Crippen molar-refractivity contribution in [2.45, 2.75) is 96.0 Å². The van der Waals surface area contributed by atoms with E-state index in [0.717, 1.165) is 44.9 Å². The molecule has 0 aromatic heterocycles. The van der Waals surface area contributed by atoms with Crippen LogP contribution in [0.4, 0.5) is 0 Å². The standard InChI is InChI=1S/C23H34O3/c1-22(11-12-22)9-5-2-3-7-19-15-20(17-21(25)16-19)8-4-6-10-23(13-14-23)26-18-24/h15-18,25H,2-14H2,1H3. The van der Waals surface area contributed by atoms with Gasteiger partial charge in [-0.3, -0.25) is 4.79 Å². The molecule has 2 aliphatic rings. The van der Waals surface area contributed by atoms with Crippen LogP contribution in [0.3, 0.4) is 0 Å². The number of unbranched alkanes of at least 4 members (excludes halogenated alkanes) is 3. The monoisotopic (exact) mass is 358 g/mol. The normalized spacial score (nSPS) is 19.1. The molecule has 0 spiro atoms. The van der Waals surface area contributed by atoms with Crippen LogP contribution in [0, 0.1) is 5.41 Å². The summed E-state index contributed by atoms with van der Waals surface area (Å²) in [5.41, 5.74) is 3.03. The fraction of sp³-hybridized carbons (Fsp3) is 0.696. The van der Waals surface area contributed by atoms with Crippen molar-refractivity contribution in [3.05, 3.63) is 29.3 Å². The maximum absolute atomic E-state index is 10.5. The number of hydrogen-bond donors (Lipinski definition) is 1. The lowest BCUT2D eigenvalue weighted by atomic mass is 9.97. The average Bonchev–Trinajstić information content (AvgIpc) is 3.51. The van der Waals surface area contributed by atoms with Gasteiger partial charge in [0.15, 0.2) is 0 Å². The summed E-state index contributed by atoms with van der Waals surface area (Å²) in [6.45, 7) is 3.00. The number of phenolic OH excluding ortho intramolecular Hbond substituents is 1. The molecule has 144 valence electrons. The number of aryl methyl sites for hydroxylation is 2. The molecule has 2 aliphatic carbocycles. The van der Waals surface area contributed by atoms with Gasteiger partial charge in [-0.15, -0.1) is 0 Å². The summed E-state index contributed by atoms with van der Waals surface area (Å²) in [5, 5.41) is 10.0. The van der Waals surface area contributed by atoms with Crippen LogP contribution in [0.15, 0.2) is 18.2 Å². The largest absolute Gasteiger partial charge is 0.508 e. The van der Waals surface area contributed by atoms with E-state index >= 15 is 0 Å². The van der Waals surface area contributed by atoms with Crippen LogP contribution in [-0.4, -0.2) is 17.2 Å². The Labute approximate surface area is 158 Å². The third-order valence-electron chi connectivity index (χ3n) is 6.34. The van der Waals surface area contributed by atoms with Gasteiger partial charge in [0.1, 0.15) is 11.4 Å². The van der Waals surface area contributed by atoms with E-state index in [1.165, 1.54) is 49.7 Å². The van der Waals surface area contributed by atoms with Crippen molar-refractivity contribution in [2.24, 2.45) is 5.41 Å². The minimum atomic E-state index is -0.136. The van der Waals surface area contributed by atoms with E-state index < -0.39 is 0 Å². The minimum Gasteiger partial charge on any atom is -0.508 e. The molecule has 26 heavy (non-hydrogen) atoms. The second kappa shape index (κ2) is 8.45. The molecule has 0 radical (unpaired) electrons. The van der Waals surface area contributed by atoms with Gasteiger partial charge in [-0.25, -0.2) is 0 Å². The van der Waals surface area contributed by atoms with Crippen LogP contribution in [0.25, 0.3) is 0 Å². The Kier molecular flexibility index (Phi) is 6.26. The molecule has 0 atom stereocenters. The smallest absolute Gasteiger partial charge is 0.293 e. The molecule has 3 rings (SSSR count). The van der Waals surface area contributed by atoms with Crippen molar-refractivity contribution in [1.29, 1.82) is 0 Å². The summed E-state index contributed by atoms with van der Waals surface area (Å²) in [6.07, 6.45) is 15.3. The lowest BCUT2D eigenvalue weighted by Gasteiger charge is -2.13. The number of phenols is 1. The quantitative estimate of drug-likeness (QED) is 0.363. The molecular weight excluding hydrogens is 324 g/mol. The van der Waals surface area contributed by atoms with Gasteiger partial charge in [0.2, 0.25) is 0 Å². The molecule has 0 saturated heterocycles. The van der Waals surface area contributed by atoms with Crippen molar-refractivity contribution >= 4 is 6.47 Å². The number of aromatic hydroxyl groups is 1. The first-order chi connectivity index (χ1) is 12.5. The van der Waals surface area contributed by atoms with Gasteiger partial charge < -0.3 is 9.84 Å². The highest BCUT2D eigenvalue weighted by Gasteiger charge is 2.44. The maximum Gasteiger partial charge on any atom is 0.293 e. The maximum atomic E-state index is 10.5. The van der Waals surface area contributed by atoms with E-state index in [1.54, 1.807) is 0 Å². The molecule has 3 nitrogen and oxygen atoms in total. The zero-order valence-corrected chi connectivity index (χ0v) is 16.3. The highest BCUT2D eigenvalue weighted by molar-refractivity contribution is 5.39. The second-order valence-electron chi connectivity index (χ2n) is 8.98. The minimum absolute atomic E-state index is 0.136. The second-order valence-corrected chi connectivity index (χ2v) is 8.98. The lowest BCUT2D eigenvalue weighted by Crippen LogP contribution is -2.12. The first-order valence-electron chi connectivity index (χ1n) is 10.5. The first kappa shape index (κ1) is 19.3. The zero-order valence-electron chi connectivity index (χ0n) is 16.3. The zero-order chi connectivity index (χ0) is 18.5. The highest BCUT2D eigenvalue weighted by Crippen LogP contribution is 2.49. The molecule has 3 heteroatoms. The molecule has 2 saturated carbocycles. The summed E-state index contributed by atoms with van der Waals surface area (Å²) < 4.78 is 5.20. The topological polar surface area (TPSA) is 46.5 Å². The van der Waals surface area contributed by atoms with E-state index in [0.29, 0.717) is 17.6 Å². The van der Waals surface area contributed by atoms with Crippen LogP contribution in [0.1, 0.15) is 88.7 Å². The molecule has 1 aromatic carbocycles. The SMILES string of the molecule is CC1(CCCCCc2cc(O)cc(CCCCC3(OC=O)CC3)c2)CC1. The summed E-state index contributed by atoms with van der Waals surface area (Å²) in [5.74, 6) is 0.394. The summed E-state index contributed by atoms with van der Waals surface area (Å²) >= 11 is 0. The Morgan fingerprint density at radius 2 is 1.54 bits per heavy atom. The number of benzene rings is 1. The van der Waals surface area contributed by atoms with E-state index in [9.17, 15) is 9.90 Å². The van der Waals surface area contributed by atoms with Crippen LogP contribution < -0.4 is 0 Å². The van der Waals surface area contributed by atoms with Gasteiger partial charge in [0.25, 0.3) is 6.47 Å². The molecule has 1 aromatic rings. The van der Waals surface area contributed by atoms with E-state index in [1.807, 2.05) is 12.1 Å². The molecule has 0 aliphatic heterocycles. The third-order valence-corrected chi connectivity index (χ3v) is 6.34. The van der Waals surface area contributed by atoms with Crippen molar-refractivity contribution < 1.29 is 14.6 Å². The number of carbonyl (C=O) groups excluding carboxylic acids is 1. The van der Waals surface area contributed by atoms with Gasteiger partial charge in [-0.05, 0) is 99.3 Å². The summed E-state index contributed by atoms with van der Waals surface area (Å²) in [6, 6.07) is 6.08. The van der Waals surface area contributed by atoms with E-state index in [2.05, 4.69) is 13.0 Å². The summed E-state index contributed by atoms with van der Waals surface area (Å²) in [7, 11) is 0. The Balaban J connectivity index is 1.35. The van der Waals surface area contributed by atoms with Crippen molar-refractivity contribution in [3.8, 4) is 5.75 Å². The van der Waals surface area contributed by atoms with Gasteiger partial charge in [-0.1, -0.05) is 25.8 Å². The predicted molar refractivity (Wildman–Crippen MR) is 104 cm³/mol. The molecule has 1 N–H and O–H groups in total. The van der Waals surface area contributed by atoms with Crippen molar-refractivity contribution in [3.63, 3.8) is 0 Å². The highest BCUT2D eigenvalue weighted by atomic mass is 16.5. The Hall–Kier alpha value is -1.51. The van der Waals surface area contributed by atoms with Crippen LogP contribution in [-0.2, 0) is 22.4 Å². The summed E-state index contributed by atoms with van der Waals surface area (Å²) in [4.78, 5) is 10.5. The average molecular weight is 359 g/mol. The number of carbonyl (C=O) groups is 1. The van der Waals surface area contributed by atoms with E-state index in [4.69, 9.17) is 4.74 Å². The fourth-order valence-corrected chi connectivity index (χ4v) is 4.00. The third kappa shape index (κ3) is 6.03. The molecule has 0 bridgehead atoms. The Morgan fingerprint density at radius 3 is 2.12 bits per heavy atom. The van der Waals surface area contributed by atoms with Gasteiger partial charge in [0.05, 0.1) is 0 Å². The van der Waals surface area contributed by atoms with Gasteiger partial charge >= 0.3 is 0 Å². The molecule has 0 unspecified atom stereocenters. The first-order valence-corrected chi connectivity index (χ1v) is 10.5. The molecular formula is C23H34O3. The number of hydrogen-bond acceptors (Lipinski definition) is 3. The van der Waals surface area contributed by atoms with Gasteiger partial charge in [-0.2, -0.15) is 0 Å². The van der Waals surface area contributed by atoms with Crippen molar-refractivity contribution in [2.75, 3.05) is 0 Å². The lowest BCUT2D eigenvalue weighted by molar-refractivity contribution is -0.135. The van der Waals surface area contributed by atoms with Crippen molar-refractivity contribution in [1.82, 2.24) is 0 Å². The molecule has 0 amide bonds. The molecule has 0 heterocycles. The van der Waals surface area contributed by atoms with Crippen LogP contribution in [0.5, 0.6) is 5.75 Å². The van der Waals surface area contributed by atoms with E-state index in [-0.39, 0.29) is 5.60 Å². The Bertz CT molecular complexity index is 599. The van der Waals surface area contributed by atoms with Crippen LogP contribution >= 0.6 is 0 Å².